The molecule has 8 unspecified atom stereocenters. The number of allylic oxidation sites excluding steroid dienone is 5. The monoisotopic (exact) mass is 1130 g/mol. The zero-order valence-corrected chi connectivity index (χ0v) is 52.2. The lowest BCUT2D eigenvalue weighted by atomic mass is 9.99. The Bertz CT molecular complexity index is 1440. The molecule has 1 heterocycles. The molecule has 0 aromatic rings. The van der Waals surface area contributed by atoms with Gasteiger partial charge in [-0.1, -0.05) is 301 Å². The Morgan fingerprint density at radius 1 is 0.487 bits per heavy atom. The van der Waals surface area contributed by atoms with E-state index in [1.807, 2.05) is 6.08 Å². The van der Waals surface area contributed by atoms with Crippen molar-refractivity contribution in [2.75, 3.05) is 13.2 Å². The fraction of sp³-hybridized carbons (Fsp3) is 0.884. The predicted molar refractivity (Wildman–Crippen MR) is 334 cm³/mol. The van der Waals surface area contributed by atoms with E-state index in [1.165, 1.54) is 218 Å². The highest BCUT2D eigenvalue weighted by Gasteiger charge is 2.47. The van der Waals surface area contributed by atoms with Crippen molar-refractivity contribution in [1.29, 1.82) is 0 Å². The number of carbonyl (C=O) groups excluding carboxylic acids is 2. The first-order valence-corrected chi connectivity index (χ1v) is 34.3. The number of unbranched alkanes of at least 4 members (excludes halogenated alkanes) is 41. The Hall–Kier alpha value is -2.12. The highest BCUT2D eigenvalue weighted by atomic mass is 16.7. The summed E-state index contributed by atoms with van der Waals surface area (Å²) in [7, 11) is 0. The lowest BCUT2D eigenvalue weighted by Crippen LogP contribution is -2.61. The summed E-state index contributed by atoms with van der Waals surface area (Å²) in [6, 6.07) is -1.02. The van der Waals surface area contributed by atoms with E-state index in [4.69, 9.17) is 14.2 Å². The quantitative estimate of drug-likeness (QED) is 0.0195. The zero-order valence-electron chi connectivity index (χ0n) is 52.2. The van der Waals surface area contributed by atoms with Crippen LogP contribution in [0.15, 0.2) is 36.5 Å². The molecule has 470 valence electrons. The normalized spacial score (nSPS) is 18.9. The second-order valence-corrected chi connectivity index (χ2v) is 23.9. The number of rotatable bonds is 59. The highest BCUT2D eigenvalue weighted by Crippen LogP contribution is 2.26. The molecule has 6 N–H and O–H groups in total. The summed E-state index contributed by atoms with van der Waals surface area (Å²) in [5.41, 5.74) is 0. The van der Waals surface area contributed by atoms with Crippen molar-refractivity contribution >= 4 is 11.9 Å². The van der Waals surface area contributed by atoms with Crippen LogP contribution in [0.25, 0.3) is 0 Å². The second kappa shape index (κ2) is 57.3. The SMILES string of the molecule is CCCCC/C=C\C/C=C\CCCCCCCCCCCCCCCCC(O)C(=O)NC(COC1OC(CO)C(O)C(O)C1OC(=O)CCCCCCCCCCCCCCCC)C(O)/C=C/CCCCCCCCCCCCC. The van der Waals surface area contributed by atoms with Crippen molar-refractivity contribution in [1.82, 2.24) is 5.32 Å². The minimum absolute atomic E-state index is 0.129. The van der Waals surface area contributed by atoms with E-state index in [0.717, 1.165) is 64.2 Å². The molecule has 80 heavy (non-hydrogen) atoms. The number of aliphatic hydroxyl groups is 5. The fourth-order valence-electron chi connectivity index (χ4n) is 10.9. The molecule has 1 amide bonds. The lowest BCUT2D eigenvalue weighted by molar-refractivity contribution is -0.305. The number of hydrogen-bond donors (Lipinski definition) is 6. The summed E-state index contributed by atoms with van der Waals surface area (Å²) in [6.07, 6.45) is 59.0. The number of hydrogen-bond acceptors (Lipinski definition) is 10. The molecular formula is C69H129NO10. The Kier molecular flexibility index (Phi) is 54.4. The molecule has 8 atom stereocenters. The van der Waals surface area contributed by atoms with Gasteiger partial charge in [-0.25, -0.2) is 0 Å². The van der Waals surface area contributed by atoms with Crippen molar-refractivity contribution in [3.8, 4) is 0 Å². The summed E-state index contributed by atoms with van der Waals surface area (Å²) in [6.45, 7) is 5.81. The molecule has 1 aliphatic rings. The van der Waals surface area contributed by atoms with Crippen LogP contribution < -0.4 is 5.32 Å². The average molecular weight is 1130 g/mol. The van der Waals surface area contributed by atoms with Crippen LogP contribution in [0.5, 0.6) is 0 Å². The van der Waals surface area contributed by atoms with Gasteiger partial charge in [0.1, 0.15) is 24.4 Å². The molecule has 0 aromatic carbocycles. The van der Waals surface area contributed by atoms with Gasteiger partial charge in [-0.2, -0.15) is 0 Å². The Morgan fingerprint density at radius 2 is 0.863 bits per heavy atom. The van der Waals surface area contributed by atoms with Crippen molar-refractivity contribution in [2.45, 2.75) is 378 Å². The molecule has 1 fully saturated rings. The molecule has 11 nitrogen and oxygen atoms in total. The summed E-state index contributed by atoms with van der Waals surface area (Å²) in [5, 5.41) is 57.1. The maximum Gasteiger partial charge on any atom is 0.306 e. The Labute approximate surface area is 492 Å². The minimum Gasteiger partial charge on any atom is -0.454 e. The molecule has 1 rings (SSSR count). The van der Waals surface area contributed by atoms with Crippen LogP contribution in [0.3, 0.4) is 0 Å². The maximum absolute atomic E-state index is 13.5. The number of ether oxygens (including phenoxy) is 3. The van der Waals surface area contributed by atoms with E-state index in [0.29, 0.717) is 19.3 Å². The molecule has 1 saturated heterocycles. The summed E-state index contributed by atoms with van der Waals surface area (Å²) >= 11 is 0. The third kappa shape index (κ3) is 44.4. The van der Waals surface area contributed by atoms with Crippen LogP contribution in [0.1, 0.15) is 329 Å². The summed E-state index contributed by atoms with van der Waals surface area (Å²) in [5.74, 6) is -1.18. The van der Waals surface area contributed by atoms with Crippen molar-refractivity contribution < 1.29 is 49.3 Å². The van der Waals surface area contributed by atoms with Gasteiger partial charge in [0.15, 0.2) is 12.4 Å². The second-order valence-electron chi connectivity index (χ2n) is 23.9. The van der Waals surface area contributed by atoms with Crippen molar-refractivity contribution in [2.24, 2.45) is 0 Å². The first-order chi connectivity index (χ1) is 39.2. The highest BCUT2D eigenvalue weighted by molar-refractivity contribution is 5.80. The van der Waals surface area contributed by atoms with Gasteiger partial charge in [-0.15, -0.1) is 0 Å². The molecule has 0 aliphatic carbocycles. The number of aliphatic hydroxyl groups excluding tert-OH is 5. The van der Waals surface area contributed by atoms with Crippen molar-refractivity contribution in [3.05, 3.63) is 36.5 Å². The van der Waals surface area contributed by atoms with Gasteiger partial charge in [-0.3, -0.25) is 9.59 Å². The first-order valence-electron chi connectivity index (χ1n) is 34.3. The number of esters is 1. The summed E-state index contributed by atoms with van der Waals surface area (Å²) < 4.78 is 17.7. The van der Waals surface area contributed by atoms with Crippen LogP contribution in [-0.2, 0) is 23.8 Å². The van der Waals surface area contributed by atoms with Gasteiger partial charge < -0.3 is 45.1 Å². The third-order valence-electron chi connectivity index (χ3n) is 16.3. The molecule has 0 bridgehead atoms. The topological polar surface area (TPSA) is 175 Å². The molecule has 0 spiro atoms. The van der Waals surface area contributed by atoms with Crippen molar-refractivity contribution in [3.63, 3.8) is 0 Å². The van der Waals surface area contributed by atoms with Crippen LogP contribution in [0, 0.1) is 0 Å². The number of amides is 1. The fourth-order valence-corrected chi connectivity index (χ4v) is 10.9. The van der Waals surface area contributed by atoms with Gasteiger partial charge in [-0.05, 0) is 57.8 Å². The average Bonchev–Trinajstić information content (AvgIpc) is 3.51. The van der Waals surface area contributed by atoms with Crippen LogP contribution in [0.2, 0.25) is 0 Å². The molecular weight excluding hydrogens is 1000 g/mol. The van der Waals surface area contributed by atoms with Gasteiger partial charge >= 0.3 is 5.97 Å². The van der Waals surface area contributed by atoms with Crippen LogP contribution >= 0.6 is 0 Å². The predicted octanol–water partition coefficient (Wildman–Crippen LogP) is 17.0. The number of nitrogens with one attached hydrogen (secondary N) is 1. The minimum atomic E-state index is -1.61. The van der Waals surface area contributed by atoms with E-state index in [2.05, 4.69) is 50.4 Å². The Balaban J connectivity index is 2.59. The van der Waals surface area contributed by atoms with E-state index >= 15 is 0 Å². The van der Waals surface area contributed by atoms with E-state index in [-0.39, 0.29) is 13.0 Å². The number of carbonyl (C=O) groups is 2. The smallest absolute Gasteiger partial charge is 0.306 e. The molecule has 11 heteroatoms. The van der Waals surface area contributed by atoms with E-state index in [9.17, 15) is 35.1 Å². The molecule has 0 saturated carbocycles. The standard InChI is InChI=1S/C69H129NO10/c1-4-7-10-13-16-19-22-25-27-28-29-30-31-32-33-34-35-36-38-41-44-47-50-53-56-62(73)68(77)70-60(61(72)55-52-49-46-43-40-37-24-21-18-15-12-9-6-3)59-78-69-67(66(76)65(75)63(58-71)79-69)80-64(74)57-54-51-48-45-42-39-26-23-20-17-14-11-8-5-2/h16,19,25,27,52,55,60-63,65-67,69,71-73,75-76H,4-15,17-18,20-24,26,28-51,53-54,56-59H2,1-3H3,(H,70,77)/b19-16-,27-25-,55-52+. The van der Waals surface area contributed by atoms with Crippen LogP contribution in [0.4, 0.5) is 0 Å². The Morgan fingerprint density at radius 3 is 1.30 bits per heavy atom. The molecule has 1 aliphatic heterocycles. The zero-order chi connectivity index (χ0) is 58.2. The molecule has 0 aromatic heterocycles. The molecule has 0 radical (unpaired) electrons. The largest absolute Gasteiger partial charge is 0.454 e. The third-order valence-corrected chi connectivity index (χ3v) is 16.3. The van der Waals surface area contributed by atoms with E-state index in [1.54, 1.807) is 6.08 Å². The lowest BCUT2D eigenvalue weighted by Gasteiger charge is -2.41. The first kappa shape index (κ1) is 75.9. The van der Waals surface area contributed by atoms with Gasteiger partial charge in [0.2, 0.25) is 5.91 Å². The van der Waals surface area contributed by atoms with Gasteiger partial charge in [0.25, 0.3) is 0 Å². The van der Waals surface area contributed by atoms with Crippen LogP contribution in [-0.4, -0.2) is 99.6 Å². The van der Waals surface area contributed by atoms with Gasteiger partial charge in [0, 0.05) is 6.42 Å². The maximum atomic E-state index is 13.5. The summed E-state index contributed by atoms with van der Waals surface area (Å²) in [4.78, 5) is 26.6. The van der Waals surface area contributed by atoms with Gasteiger partial charge in [0.05, 0.1) is 25.4 Å². The van der Waals surface area contributed by atoms with E-state index < -0.39 is 67.4 Å².